The second-order valence-electron chi connectivity index (χ2n) is 10.6. The Morgan fingerprint density at radius 1 is 1.32 bits per heavy atom. The summed E-state index contributed by atoms with van der Waals surface area (Å²) >= 11 is 0. The molecule has 2 aromatic heterocycles. The minimum absolute atomic E-state index is 0.00291. The number of aliphatic hydroxyl groups is 1. The molecule has 200 valence electrons. The van der Waals surface area contributed by atoms with E-state index < -0.39 is 16.8 Å². The molecule has 1 spiro atoms. The standard InChI is InChI=1S/C30H34N2O6/c1-4-18(2)27(34)38-29(3)10-5-8-23(19-9-11-32-26(31)15-19)30(29)17-22-14-21-13-20(7-6-12-33)28(35)36-24(21)16-25(22)37-30/h4,9,11,13-16,23,33H,5-8,10,12,17H2,1-3H3,(H2,31,32)/b18-4+/t23-,29-,30-/m1/s1. The molecule has 3 atom stereocenters. The van der Waals surface area contributed by atoms with E-state index in [0.717, 1.165) is 29.4 Å². The van der Waals surface area contributed by atoms with E-state index >= 15 is 0 Å². The number of pyridine rings is 1. The molecule has 8 nitrogen and oxygen atoms in total. The highest BCUT2D eigenvalue weighted by Gasteiger charge is 2.62. The van der Waals surface area contributed by atoms with Gasteiger partial charge in [0.15, 0.2) is 5.60 Å². The third kappa shape index (κ3) is 4.36. The fraction of sp³-hybridized carbons (Fsp3) is 0.433. The highest BCUT2D eigenvalue weighted by atomic mass is 16.6. The normalized spacial score (nSPS) is 24.8. The van der Waals surface area contributed by atoms with E-state index in [-0.39, 0.29) is 18.5 Å². The molecule has 1 aromatic carbocycles. The van der Waals surface area contributed by atoms with E-state index in [1.54, 1.807) is 25.3 Å². The van der Waals surface area contributed by atoms with Gasteiger partial charge in [0.2, 0.25) is 0 Å². The zero-order chi connectivity index (χ0) is 27.1. The minimum atomic E-state index is -0.937. The molecule has 1 fully saturated rings. The third-order valence-electron chi connectivity index (χ3n) is 8.22. The Kier molecular flexibility index (Phi) is 6.77. The van der Waals surface area contributed by atoms with E-state index in [9.17, 15) is 14.7 Å². The molecular weight excluding hydrogens is 484 g/mol. The van der Waals surface area contributed by atoms with Crippen LogP contribution in [0, 0.1) is 0 Å². The molecule has 8 heteroatoms. The molecule has 2 aliphatic rings. The van der Waals surface area contributed by atoms with Gasteiger partial charge in [0.25, 0.3) is 0 Å². The van der Waals surface area contributed by atoms with Gasteiger partial charge in [-0.2, -0.15) is 0 Å². The van der Waals surface area contributed by atoms with Gasteiger partial charge in [-0.15, -0.1) is 0 Å². The average Bonchev–Trinajstić information content (AvgIpc) is 3.26. The van der Waals surface area contributed by atoms with Crippen molar-refractivity contribution in [2.75, 3.05) is 12.3 Å². The Balaban J connectivity index is 1.63. The number of aryl methyl sites for hydroxylation is 1. The number of carbonyl (C=O) groups excluding carboxylic acids is 1. The third-order valence-corrected chi connectivity index (χ3v) is 8.22. The average molecular weight is 519 g/mol. The molecule has 3 aromatic rings. The quantitative estimate of drug-likeness (QED) is 0.275. The molecule has 1 saturated carbocycles. The molecule has 0 unspecified atom stereocenters. The van der Waals surface area contributed by atoms with Crippen molar-refractivity contribution in [3.8, 4) is 5.75 Å². The predicted octanol–water partition coefficient (Wildman–Crippen LogP) is 4.60. The van der Waals surface area contributed by atoms with Crippen molar-refractivity contribution in [1.29, 1.82) is 0 Å². The van der Waals surface area contributed by atoms with Crippen LogP contribution in [0.4, 0.5) is 5.82 Å². The van der Waals surface area contributed by atoms with Crippen LogP contribution in [-0.4, -0.2) is 33.9 Å². The first kappa shape index (κ1) is 26.0. The minimum Gasteiger partial charge on any atom is -0.482 e. The maximum atomic E-state index is 13.1. The number of fused-ring (bicyclic) bond motifs is 2. The monoisotopic (exact) mass is 518 g/mol. The predicted molar refractivity (Wildman–Crippen MR) is 144 cm³/mol. The smallest absolute Gasteiger partial charge is 0.339 e. The zero-order valence-electron chi connectivity index (χ0n) is 22.1. The zero-order valence-corrected chi connectivity index (χ0v) is 22.1. The lowest BCUT2D eigenvalue weighted by Crippen LogP contribution is -2.63. The van der Waals surface area contributed by atoms with Gasteiger partial charge in [0.1, 0.15) is 22.8 Å². The van der Waals surface area contributed by atoms with E-state index in [0.29, 0.717) is 54.0 Å². The van der Waals surface area contributed by atoms with Crippen molar-refractivity contribution in [1.82, 2.24) is 4.98 Å². The summed E-state index contributed by atoms with van der Waals surface area (Å²) in [5, 5.41) is 9.99. The lowest BCUT2D eigenvalue weighted by molar-refractivity contribution is -0.193. The molecule has 0 bridgehead atoms. The number of benzene rings is 1. The summed E-state index contributed by atoms with van der Waals surface area (Å²) in [5.41, 5.74) is 7.26. The summed E-state index contributed by atoms with van der Waals surface area (Å²) in [6, 6.07) is 9.41. The van der Waals surface area contributed by atoms with Crippen LogP contribution in [0.25, 0.3) is 11.0 Å². The molecule has 3 heterocycles. The van der Waals surface area contributed by atoms with E-state index in [1.807, 2.05) is 38.1 Å². The molecule has 5 rings (SSSR count). The van der Waals surface area contributed by atoms with Crippen LogP contribution in [0.2, 0.25) is 0 Å². The Labute approximate surface area is 221 Å². The van der Waals surface area contributed by atoms with Gasteiger partial charge in [0.05, 0.1) is 0 Å². The van der Waals surface area contributed by atoms with Crippen LogP contribution in [0.3, 0.4) is 0 Å². The molecule has 1 aliphatic carbocycles. The van der Waals surface area contributed by atoms with E-state index in [2.05, 4.69) is 4.98 Å². The molecule has 3 N–H and O–H groups in total. The summed E-state index contributed by atoms with van der Waals surface area (Å²) in [6.45, 7) is 5.52. The molecule has 1 aliphatic heterocycles. The van der Waals surface area contributed by atoms with Gasteiger partial charge in [-0.3, -0.25) is 0 Å². The van der Waals surface area contributed by atoms with Crippen LogP contribution in [-0.2, 0) is 22.4 Å². The highest BCUT2D eigenvalue weighted by Crippen LogP contribution is 2.56. The molecule has 0 radical (unpaired) electrons. The van der Waals surface area contributed by atoms with E-state index in [4.69, 9.17) is 19.6 Å². The summed E-state index contributed by atoms with van der Waals surface area (Å²) in [6.07, 6.45) is 7.19. The molecule has 0 saturated heterocycles. The number of rotatable bonds is 6. The first-order chi connectivity index (χ1) is 18.2. The number of nitrogens with two attached hydrogens (primary N) is 1. The number of allylic oxidation sites excluding steroid dienone is 1. The fourth-order valence-electron chi connectivity index (χ4n) is 6.04. The van der Waals surface area contributed by atoms with Crippen LogP contribution < -0.4 is 16.1 Å². The van der Waals surface area contributed by atoms with Gasteiger partial charge >= 0.3 is 11.6 Å². The number of hydrogen-bond acceptors (Lipinski definition) is 8. The first-order valence-corrected chi connectivity index (χ1v) is 13.2. The van der Waals surface area contributed by atoms with Crippen LogP contribution in [0.1, 0.15) is 69.1 Å². The Morgan fingerprint density at radius 2 is 2.13 bits per heavy atom. The van der Waals surface area contributed by atoms with Crippen molar-refractivity contribution < 1.29 is 23.8 Å². The first-order valence-electron chi connectivity index (χ1n) is 13.2. The Morgan fingerprint density at radius 3 is 2.87 bits per heavy atom. The SMILES string of the molecule is C/C=C(\C)C(=O)O[C@]1(C)CCC[C@H](c2ccnc(N)c2)[C@]12Cc1cc3cc(CCCO)c(=O)oc3cc1O2. The summed E-state index contributed by atoms with van der Waals surface area (Å²) in [5.74, 6) is 0.550. The largest absolute Gasteiger partial charge is 0.482 e. The second-order valence-corrected chi connectivity index (χ2v) is 10.6. The Hall–Kier alpha value is -3.65. The number of hydrogen-bond donors (Lipinski definition) is 2. The maximum Gasteiger partial charge on any atom is 0.339 e. The summed E-state index contributed by atoms with van der Waals surface area (Å²) in [7, 11) is 0. The number of esters is 1. The van der Waals surface area contributed by atoms with Gasteiger partial charge in [-0.25, -0.2) is 14.6 Å². The lowest BCUT2D eigenvalue weighted by Gasteiger charge is -2.52. The lowest BCUT2D eigenvalue weighted by atomic mass is 9.62. The molecule has 38 heavy (non-hydrogen) atoms. The van der Waals surface area contributed by atoms with Crippen molar-refractivity contribution in [2.24, 2.45) is 0 Å². The summed E-state index contributed by atoms with van der Waals surface area (Å²) in [4.78, 5) is 29.8. The second kappa shape index (κ2) is 9.91. The number of aromatic nitrogens is 1. The van der Waals surface area contributed by atoms with Crippen LogP contribution in [0.15, 0.2) is 57.4 Å². The van der Waals surface area contributed by atoms with E-state index in [1.165, 1.54) is 0 Å². The van der Waals surface area contributed by atoms with Gasteiger partial charge in [-0.05, 0) is 88.3 Å². The summed E-state index contributed by atoms with van der Waals surface area (Å²) < 4.78 is 18.8. The topological polar surface area (TPSA) is 125 Å². The fourth-order valence-corrected chi connectivity index (χ4v) is 6.04. The van der Waals surface area contributed by atoms with Crippen LogP contribution >= 0.6 is 0 Å². The van der Waals surface area contributed by atoms with Gasteiger partial charge < -0.3 is 24.7 Å². The van der Waals surface area contributed by atoms with Crippen molar-refractivity contribution in [2.45, 2.75) is 76.4 Å². The number of aliphatic hydroxyl groups excluding tert-OH is 1. The number of nitrogen functional groups attached to an aromatic ring is 1. The van der Waals surface area contributed by atoms with Gasteiger partial charge in [0, 0.05) is 47.7 Å². The van der Waals surface area contributed by atoms with Crippen molar-refractivity contribution in [3.05, 3.63) is 75.3 Å². The molecular formula is C30H34N2O6. The maximum absolute atomic E-state index is 13.1. The van der Waals surface area contributed by atoms with Crippen molar-refractivity contribution in [3.63, 3.8) is 0 Å². The highest BCUT2D eigenvalue weighted by molar-refractivity contribution is 5.88. The van der Waals surface area contributed by atoms with Crippen LogP contribution in [0.5, 0.6) is 5.75 Å². The number of nitrogens with zero attached hydrogens (tertiary/aromatic N) is 1. The van der Waals surface area contributed by atoms with Gasteiger partial charge in [-0.1, -0.05) is 6.08 Å². The number of ether oxygens (including phenoxy) is 2. The Bertz CT molecular complexity index is 1480. The number of anilines is 1. The molecule has 0 amide bonds. The number of carbonyl (C=O) groups is 1. The van der Waals surface area contributed by atoms with Crippen molar-refractivity contribution >= 4 is 22.8 Å².